The number of aromatic nitrogens is 2. The lowest BCUT2D eigenvalue weighted by Gasteiger charge is -2.10. The van der Waals surface area contributed by atoms with Crippen molar-refractivity contribution in [1.82, 2.24) is 9.78 Å². The molecule has 1 aromatic carbocycles. The summed E-state index contributed by atoms with van der Waals surface area (Å²) in [6.07, 6.45) is 2.55. The number of hydrogen-bond acceptors (Lipinski definition) is 4. The second kappa shape index (κ2) is 6.76. The van der Waals surface area contributed by atoms with Crippen LogP contribution in [0.2, 0.25) is 0 Å². The van der Waals surface area contributed by atoms with Gasteiger partial charge in [-0.15, -0.1) is 0 Å². The normalized spacial score (nSPS) is 10.5. The highest BCUT2D eigenvalue weighted by atomic mass is 79.9. The molecule has 5 nitrogen and oxygen atoms in total. The Morgan fingerprint density at radius 3 is 2.62 bits per heavy atom. The van der Waals surface area contributed by atoms with Crippen molar-refractivity contribution in [3.05, 3.63) is 40.1 Å². The quantitative estimate of drug-likeness (QED) is 0.748. The van der Waals surface area contributed by atoms with E-state index in [2.05, 4.69) is 21.0 Å². The zero-order valence-corrected chi connectivity index (χ0v) is 13.8. The molecule has 0 amide bonds. The van der Waals surface area contributed by atoms with Crippen LogP contribution in [0.25, 0.3) is 0 Å². The van der Waals surface area contributed by atoms with Crippen molar-refractivity contribution in [1.29, 1.82) is 0 Å². The van der Waals surface area contributed by atoms with Crippen LogP contribution in [0.1, 0.15) is 29.4 Å². The maximum absolute atomic E-state index is 12.7. The summed E-state index contributed by atoms with van der Waals surface area (Å²) in [6, 6.07) is 5.12. The minimum absolute atomic E-state index is 0.103. The van der Waals surface area contributed by atoms with E-state index in [1.807, 2.05) is 6.92 Å². The molecule has 0 saturated carbocycles. The lowest BCUT2D eigenvalue weighted by Crippen LogP contribution is -2.12. The molecule has 0 aliphatic rings. The van der Waals surface area contributed by atoms with Crippen LogP contribution < -0.4 is 9.47 Å². The van der Waals surface area contributed by atoms with Crippen molar-refractivity contribution in [2.45, 2.75) is 19.9 Å². The number of ketones is 1. The number of benzene rings is 1. The Hall–Kier alpha value is -1.82. The minimum atomic E-state index is -0.103. The average molecular weight is 353 g/mol. The molecule has 1 aromatic heterocycles. The molecule has 2 aromatic rings. The van der Waals surface area contributed by atoms with E-state index in [0.717, 1.165) is 6.42 Å². The first-order chi connectivity index (χ1) is 10.1. The molecule has 0 spiro atoms. The standard InChI is InChI=1S/C15H17BrN2O3/c1-4-7-18-14(11(16)9-17-18)15(19)10-5-6-12(20-2)13(8-10)21-3/h5-6,8-9H,4,7H2,1-3H3. The SMILES string of the molecule is CCCn1ncc(Br)c1C(=O)c1ccc(OC)c(OC)c1. The van der Waals surface area contributed by atoms with E-state index in [0.29, 0.717) is 33.8 Å². The van der Waals surface area contributed by atoms with E-state index in [9.17, 15) is 4.79 Å². The van der Waals surface area contributed by atoms with Crippen LogP contribution in [-0.2, 0) is 6.54 Å². The van der Waals surface area contributed by atoms with Gasteiger partial charge in [0.05, 0.1) is 24.9 Å². The number of nitrogens with zero attached hydrogens (tertiary/aromatic N) is 2. The van der Waals surface area contributed by atoms with Gasteiger partial charge in [-0.2, -0.15) is 5.10 Å². The summed E-state index contributed by atoms with van der Waals surface area (Å²) in [5.74, 6) is 1.02. The third kappa shape index (κ3) is 3.10. The minimum Gasteiger partial charge on any atom is -0.493 e. The Labute approximate surface area is 132 Å². The molecule has 0 aliphatic heterocycles. The molecule has 1 heterocycles. The lowest BCUT2D eigenvalue weighted by molar-refractivity contribution is 0.102. The van der Waals surface area contributed by atoms with E-state index in [1.165, 1.54) is 0 Å². The fraction of sp³-hybridized carbons (Fsp3) is 0.333. The molecule has 112 valence electrons. The summed E-state index contributed by atoms with van der Waals surface area (Å²) in [5, 5.41) is 4.22. The first-order valence-corrected chi connectivity index (χ1v) is 7.39. The van der Waals surface area contributed by atoms with Gasteiger partial charge >= 0.3 is 0 Å². The highest BCUT2D eigenvalue weighted by Gasteiger charge is 2.20. The van der Waals surface area contributed by atoms with Gasteiger partial charge in [-0.25, -0.2) is 0 Å². The molecule has 0 fully saturated rings. The summed E-state index contributed by atoms with van der Waals surface area (Å²) in [7, 11) is 3.11. The van der Waals surface area contributed by atoms with Crippen LogP contribution >= 0.6 is 15.9 Å². The molecule has 0 atom stereocenters. The monoisotopic (exact) mass is 352 g/mol. The largest absolute Gasteiger partial charge is 0.493 e. The Balaban J connectivity index is 2.43. The summed E-state index contributed by atoms with van der Waals surface area (Å²) >= 11 is 3.39. The van der Waals surface area contributed by atoms with Gasteiger partial charge in [0, 0.05) is 12.1 Å². The van der Waals surface area contributed by atoms with Gasteiger partial charge < -0.3 is 9.47 Å². The van der Waals surface area contributed by atoms with Crippen molar-refractivity contribution in [3.8, 4) is 11.5 Å². The van der Waals surface area contributed by atoms with Crippen LogP contribution in [0.3, 0.4) is 0 Å². The number of ether oxygens (including phenoxy) is 2. The number of rotatable bonds is 6. The highest BCUT2D eigenvalue weighted by Crippen LogP contribution is 2.29. The van der Waals surface area contributed by atoms with Crippen molar-refractivity contribution >= 4 is 21.7 Å². The fourth-order valence-electron chi connectivity index (χ4n) is 2.08. The molecule has 0 radical (unpaired) electrons. The second-order valence-electron chi connectivity index (χ2n) is 4.46. The number of hydrogen-bond donors (Lipinski definition) is 0. The number of halogens is 1. The van der Waals surface area contributed by atoms with Crippen LogP contribution in [-0.4, -0.2) is 29.8 Å². The summed E-state index contributed by atoms with van der Waals surface area (Å²) < 4.78 is 12.8. The highest BCUT2D eigenvalue weighted by molar-refractivity contribution is 9.10. The second-order valence-corrected chi connectivity index (χ2v) is 5.32. The zero-order valence-electron chi connectivity index (χ0n) is 12.2. The van der Waals surface area contributed by atoms with Crippen molar-refractivity contribution < 1.29 is 14.3 Å². The summed E-state index contributed by atoms with van der Waals surface area (Å²) in [5.41, 5.74) is 1.08. The van der Waals surface area contributed by atoms with Gasteiger partial charge in [0.2, 0.25) is 5.78 Å². The van der Waals surface area contributed by atoms with Gasteiger partial charge in [0.15, 0.2) is 11.5 Å². The topological polar surface area (TPSA) is 53.4 Å². The third-order valence-corrected chi connectivity index (χ3v) is 3.67. The first-order valence-electron chi connectivity index (χ1n) is 6.60. The Morgan fingerprint density at radius 2 is 2.00 bits per heavy atom. The Kier molecular flexibility index (Phi) is 5.01. The predicted octanol–water partition coefficient (Wildman–Crippen LogP) is 3.30. The molecule has 2 rings (SSSR count). The number of aryl methyl sites for hydroxylation is 1. The molecule has 21 heavy (non-hydrogen) atoms. The maximum atomic E-state index is 12.7. The number of carbonyl (C=O) groups is 1. The molecule has 0 bridgehead atoms. The van der Waals surface area contributed by atoms with E-state index in [1.54, 1.807) is 43.3 Å². The smallest absolute Gasteiger partial charge is 0.212 e. The van der Waals surface area contributed by atoms with Gasteiger partial charge in [-0.3, -0.25) is 9.48 Å². The first kappa shape index (κ1) is 15.6. The Bertz CT molecular complexity index is 652. The van der Waals surface area contributed by atoms with Crippen molar-refractivity contribution in [3.63, 3.8) is 0 Å². The number of methoxy groups -OCH3 is 2. The number of carbonyl (C=O) groups excluding carboxylic acids is 1. The van der Waals surface area contributed by atoms with Gasteiger partial charge in [-0.05, 0) is 40.5 Å². The molecule has 0 unspecified atom stereocenters. The molecular weight excluding hydrogens is 336 g/mol. The van der Waals surface area contributed by atoms with Gasteiger partial charge in [0.25, 0.3) is 0 Å². The molecule has 6 heteroatoms. The van der Waals surface area contributed by atoms with Crippen LogP contribution in [0, 0.1) is 0 Å². The van der Waals surface area contributed by atoms with E-state index in [-0.39, 0.29) is 5.78 Å². The van der Waals surface area contributed by atoms with Crippen molar-refractivity contribution in [2.75, 3.05) is 14.2 Å². The van der Waals surface area contributed by atoms with Crippen LogP contribution in [0.4, 0.5) is 0 Å². The predicted molar refractivity (Wildman–Crippen MR) is 83.2 cm³/mol. The van der Waals surface area contributed by atoms with E-state index in [4.69, 9.17) is 9.47 Å². The summed E-state index contributed by atoms with van der Waals surface area (Å²) in [6.45, 7) is 2.74. The molecular formula is C15H17BrN2O3. The zero-order chi connectivity index (χ0) is 15.4. The fourth-order valence-corrected chi connectivity index (χ4v) is 2.56. The Morgan fingerprint density at radius 1 is 1.29 bits per heavy atom. The van der Waals surface area contributed by atoms with E-state index < -0.39 is 0 Å². The molecule has 0 saturated heterocycles. The van der Waals surface area contributed by atoms with Crippen LogP contribution in [0.15, 0.2) is 28.9 Å². The summed E-state index contributed by atoms with van der Waals surface area (Å²) in [4.78, 5) is 12.7. The maximum Gasteiger partial charge on any atom is 0.212 e. The molecule has 0 aliphatic carbocycles. The molecule has 0 N–H and O–H groups in total. The van der Waals surface area contributed by atoms with E-state index >= 15 is 0 Å². The lowest BCUT2D eigenvalue weighted by atomic mass is 10.1. The van der Waals surface area contributed by atoms with Gasteiger partial charge in [0.1, 0.15) is 5.69 Å². The van der Waals surface area contributed by atoms with Crippen molar-refractivity contribution in [2.24, 2.45) is 0 Å². The third-order valence-electron chi connectivity index (χ3n) is 3.09. The van der Waals surface area contributed by atoms with Gasteiger partial charge in [-0.1, -0.05) is 6.92 Å². The van der Waals surface area contributed by atoms with Crippen LogP contribution in [0.5, 0.6) is 11.5 Å². The average Bonchev–Trinajstić information content (AvgIpc) is 2.87.